The highest BCUT2D eigenvalue weighted by atomic mass is 15.3. The van der Waals surface area contributed by atoms with Gasteiger partial charge in [0.25, 0.3) is 0 Å². The topological polar surface area (TPSA) is 108 Å². The largest absolute Gasteiger partial charge is 0.369 e. The van der Waals surface area contributed by atoms with Crippen LogP contribution in [0.4, 0.5) is 11.8 Å². The number of nitrogens with zero attached hydrogens (tertiary/aromatic N) is 4. The van der Waals surface area contributed by atoms with Gasteiger partial charge in [0.2, 0.25) is 5.95 Å². The third-order valence-electron chi connectivity index (χ3n) is 4.15. The van der Waals surface area contributed by atoms with Crippen molar-refractivity contribution in [3.05, 3.63) is 6.20 Å². The minimum absolute atomic E-state index is 0.384. The molecule has 0 radical (unpaired) electrons. The van der Waals surface area contributed by atoms with Crippen LogP contribution in [0.5, 0.6) is 0 Å². The van der Waals surface area contributed by atoms with Crippen LogP contribution in [-0.4, -0.2) is 51.2 Å². The van der Waals surface area contributed by atoms with Crippen LogP contribution < -0.4 is 16.6 Å². The van der Waals surface area contributed by atoms with Crippen molar-refractivity contribution >= 4 is 22.8 Å². The molecule has 8 nitrogen and oxygen atoms in total. The van der Waals surface area contributed by atoms with Crippen molar-refractivity contribution in [2.75, 3.05) is 36.9 Å². The van der Waals surface area contributed by atoms with Gasteiger partial charge in [0.1, 0.15) is 5.82 Å². The number of aromatic nitrogens is 4. The fraction of sp³-hybridized carbons (Fsp3) is 0.615. The minimum atomic E-state index is 0.384. The molecule has 3 heterocycles. The van der Waals surface area contributed by atoms with Crippen LogP contribution in [0.3, 0.4) is 0 Å². The van der Waals surface area contributed by atoms with Gasteiger partial charge in [-0.3, -0.25) is 10.5 Å². The van der Waals surface area contributed by atoms with Crippen LogP contribution >= 0.6 is 0 Å². The molecule has 1 fully saturated rings. The summed E-state index contributed by atoms with van der Waals surface area (Å²) in [6, 6.07) is 0. The number of fused-ring (bicyclic) bond motifs is 1. The monoisotopic (exact) mass is 290 g/mol. The number of piperidine rings is 1. The smallest absolute Gasteiger partial charge is 0.241 e. The molecule has 0 saturated carbocycles. The predicted octanol–water partition coefficient (Wildman–Crippen LogP) is 0.782. The first-order valence-electron chi connectivity index (χ1n) is 7.44. The summed E-state index contributed by atoms with van der Waals surface area (Å²) in [6.07, 6.45) is 4.18. The molecule has 0 spiro atoms. The van der Waals surface area contributed by atoms with E-state index in [0.717, 1.165) is 24.3 Å². The molecular weight excluding hydrogens is 268 g/mol. The molecule has 1 aliphatic heterocycles. The van der Waals surface area contributed by atoms with Crippen LogP contribution in [0.15, 0.2) is 6.20 Å². The van der Waals surface area contributed by atoms with Gasteiger partial charge in [-0.15, -0.1) is 0 Å². The van der Waals surface area contributed by atoms with Crippen LogP contribution in [0.1, 0.15) is 19.8 Å². The maximum Gasteiger partial charge on any atom is 0.241 e. The van der Waals surface area contributed by atoms with E-state index in [0.29, 0.717) is 17.5 Å². The first kappa shape index (κ1) is 14.0. The standard InChI is InChI=1S/C13H22N8/c1-2-21-5-3-9(4-6-21)7-15-11-10-8-16-20-12(10)18-13(17-11)19-14/h8-9H,2-7,14H2,1H3,(H3,15,16,17,18,19,20). The summed E-state index contributed by atoms with van der Waals surface area (Å²) in [5.74, 6) is 7.25. The van der Waals surface area contributed by atoms with E-state index in [2.05, 4.69) is 42.7 Å². The second-order valence-electron chi connectivity index (χ2n) is 5.43. The van der Waals surface area contributed by atoms with E-state index in [-0.39, 0.29) is 0 Å². The minimum Gasteiger partial charge on any atom is -0.369 e. The molecule has 3 rings (SSSR count). The maximum absolute atomic E-state index is 5.41. The summed E-state index contributed by atoms with van der Waals surface area (Å²) in [4.78, 5) is 11.1. The SMILES string of the molecule is CCN1CCC(CNc2nc(NN)nc3[nH]ncc23)CC1. The Morgan fingerprint density at radius 1 is 1.38 bits per heavy atom. The number of aromatic amines is 1. The summed E-state index contributed by atoms with van der Waals surface area (Å²) in [7, 11) is 0. The van der Waals surface area contributed by atoms with Crippen molar-refractivity contribution in [2.45, 2.75) is 19.8 Å². The van der Waals surface area contributed by atoms with Gasteiger partial charge in [0.15, 0.2) is 5.65 Å². The lowest BCUT2D eigenvalue weighted by Crippen LogP contribution is -2.35. The molecule has 21 heavy (non-hydrogen) atoms. The van der Waals surface area contributed by atoms with Gasteiger partial charge in [-0.2, -0.15) is 15.1 Å². The fourth-order valence-electron chi connectivity index (χ4n) is 2.78. The highest BCUT2D eigenvalue weighted by Crippen LogP contribution is 2.22. The number of hydrogen-bond donors (Lipinski definition) is 4. The van der Waals surface area contributed by atoms with Gasteiger partial charge in [-0.05, 0) is 38.4 Å². The first-order chi connectivity index (χ1) is 10.3. The summed E-state index contributed by atoms with van der Waals surface area (Å²) in [5, 5.41) is 11.2. The Kier molecular flexibility index (Phi) is 4.16. The quantitative estimate of drug-likeness (QED) is 0.476. The van der Waals surface area contributed by atoms with E-state index in [1.807, 2.05) is 0 Å². The van der Waals surface area contributed by atoms with Crippen molar-refractivity contribution in [3.63, 3.8) is 0 Å². The van der Waals surface area contributed by atoms with Gasteiger partial charge < -0.3 is 10.2 Å². The van der Waals surface area contributed by atoms with E-state index in [1.165, 1.54) is 25.9 Å². The van der Waals surface area contributed by atoms with Crippen LogP contribution in [0.25, 0.3) is 11.0 Å². The first-order valence-corrected chi connectivity index (χ1v) is 7.44. The summed E-state index contributed by atoms with van der Waals surface area (Å²) in [6.45, 7) is 6.65. The summed E-state index contributed by atoms with van der Waals surface area (Å²) < 4.78 is 0. The molecule has 1 saturated heterocycles. The van der Waals surface area contributed by atoms with Gasteiger partial charge in [0, 0.05) is 6.54 Å². The van der Waals surface area contributed by atoms with Crippen LogP contribution in [0.2, 0.25) is 0 Å². The number of nitrogen functional groups attached to an aromatic ring is 1. The lowest BCUT2D eigenvalue weighted by Gasteiger charge is -2.31. The van der Waals surface area contributed by atoms with Crippen molar-refractivity contribution in [3.8, 4) is 0 Å². The second-order valence-corrected chi connectivity index (χ2v) is 5.43. The Bertz CT molecular complexity index is 587. The van der Waals surface area contributed by atoms with Crippen molar-refractivity contribution in [1.29, 1.82) is 0 Å². The average molecular weight is 290 g/mol. The molecule has 2 aromatic heterocycles. The summed E-state index contributed by atoms with van der Waals surface area (Å²) in [5.41, 5.74) is 3.17. The number of anilines is 2. The van der Waals surface area contributed by atoms with E-state index >= 15 is 0 Å². The number of nitrogens with two attached hydrogens (primary N) is 1. The van der Waals surface area contributed by atoms with E-state index < -0.39 is 0 Å². The Balaban J connectivity index is 1.66. The average Bonchev–Trinajstić information content (AvgIpc) is 3.01. The number of nitrogens with one attached hydrogen (secondary N) is 3. The Hall–Kier alpha value is -1.93. The Morgan fingerprint density at radius 3 is 2.90 bits per heavy atom. The van der Waals surface area contributed by atoms with Gasteiger partial charge >= 0.3 is 0 Å². The number of H-pyrrole nitrogens is 1. The molecular formula is C13H22N8. The molecule has 0 unspecified atom stereocenters. The third-order valence-corrected chi connectivity index (χ3v) is 4.15. The van der Waals surface area contributed by atoms with Gasteiger partial charge in [0.05, 0.1) is 11.6 Å². The van der Waals surface area contributed by atoms with Crippen molar-refractivity contribution in [1.82, 2.24) is 25.1 Å². The van der Waals surface area contributed by atoms with Crippen LogP contribution in [0, 0.1) is 5.92 Å². The van der Waals surface area contributed by atoms with Crippen LogP contribution in [-0.2, 0) is 0 Å². The molecule has 1 aliphatic rings. The van der Waals surface area contributed by atoms with Gasteiger partial charge in [-0.25, -0.2) is 5.84 Å². The molecule has 114 valence electrons. The van der Waals surface area contributed by atoms with E-state index in [4.69, 9.17) is 5.84 Å². The molecule has 0 amide bonds. The van der Waals surface area contributed by atoms with E-state index in [1.54, 1.807) is 6.20 Å². The van der Waals surface area contributed by atoms with Gasteiger partial charge in [-0.1, -0.05) is 6.92 Å². The molecule has 8 heteroatoms. The Labute approximate surface area is 123 Å². The molecule has 0 aromatic carbocycles. The summed E-state index contributed by atoms with van der Waals surface area (Å²) >= 11 is 0. The fourth-order valence-corrected chi connectivity index (χ4v) is 2.78. The molecule has 5 N–H and O–H groups in total. The van der Waals surface area contributed by atoms with Crippen molar-refractivity contribution < 1.29 is 0 Å². The molecule has 2 aromatic rings. The highest BCUT2D eigenvalue weighted by Gasteiger charge is 2.18. The second kappa shape index (κ2) is 6.23. The zero-order valence-electron chi connectivity index (χ0n) is 12.3. The molecule has 0 atom stereocenters. The highest BCUT2D eigenvalue weighted by molar-refractivity contribution is 5.86. The normalized spacial score (nSPS) is 17.2. The molecule has 0 bridgehead atoms. The lowest BCUT2D eigenvalue weighted by atomic mass is 9.97. The zero-order chi connectivity index (χ0) is 14.7. The number of likely N-dealkylation sites (tertiary alicyclic amines) is 1. The number of hydrogen-bond acceptors (Lipinski definition) is 7. The Morgan fingerprint density at radius 2 is 2.19 bits per heavy atom. The maximum atomic E-state index is 5.41. The lowest BCUT2D eigenvalue weighted by molar-refractivity contribution is 0.198. The van der Waals surface area contributed by atoms with E-state index in [9.17, 15) is 0 Å². The number of hydrazine groups is 1. The zero-order valence-corrected chi connectivity index (χ0v) is 12.3. The third kappa shape index (κ3) is 3.06. The predicted molar refractivity (Wildman–Crippen MR) is 82.8 cm³/mol. The van der Waals surface area contributed by atoms with Crippen molar-refractivity contribution in [2.24, 2.45) is 11.8 Å². The number of rotatable bonds is 5. The molecule has 0 aliphatic carbocycles.